The molecule has 0 spiro atoms. The van der Waals surface area contributed by atoms with Crippen molar-refractivity contribution >= 4 is 17.4 Å². The highest BCUT2D eigenvalue weighted by Crippen LogP contribution is 2.43. The molecule has 110 valence electrons. The van der Waals surface area contributed by atoms with E-state index in [1.54, 1.807) is 18.2 Å². The third-order valence-corrected chi connectivity index (χ3v) is 4.40. The number of rotatable bonds is 4. The number of benzene rings is 1. The fourth-order valence-corrected chi connectivity index (χ4v) is 3.19. The van der Waals surface area contributed by atoms with Gasteiger partial charge < -0.3 is 0 Å². The number of Topliss-reactive ketones (excluding diaryl/α,β-unsaturated/α-hetero) is 1. The fraction of sp³-hybridized carbons (Fsp3) is 0.438. The van der Waals surface area contributed by atoms with Gasteiger partial charge in [-0.05, 0) is 31.7 Å². The van der Waals surface area contributed by atoms with Crippen LogP contribution >= 0.6 is 11.6 Å². The lowest BCUT2D eigenvalue weighted by Gasteiger charge is -2.23. The average molecular weight is 307 g/mol. The molecule has 3 nitrogen and oxygen atoms in total. The predicted octanol–water partition coefficient (Wildman–Crippen LogP) is 4.58. The van der Waals surface area contributed by atoms with Crippen LogP contribution in [0.4, 0.5) is 4.39 Å². The van der Waals surface area contributed by atoms with Gasteiger partial charge in [-0.15, -0.1) is 11.6 Å². The third kappa shape index (κ3) is 2.64. The van der Waals surface area contributed by atoms with Crippen LogP contribution in [0.15, 0.2) is 45.8 Å². The molecular formula is C16H16ClFN2O. The minimum absolute atomic E-state index is 0.0275. The topological polar surface area (TPSA) is 41.8 Å². The summed E-state index contributed by atoms with van der Waals surface area (Å²) >= 11 is 5.72. The maximum absolute atomic E-state index is 14.0. The zero-order chi connectivity index (χ0) is 14.8. The van der Waals surface area contributed by atoms with Gasteiger partial charge in [-0.1, -0.05) is 18.2 Å². The number of halogens is 2. The van der Waals surface area contributed by atoms with Crippen LogP contribution in [-0.2, 0) is 4.79 Å². The number of nitrogens with zero attached hydrogens (tertiary/aromatic N) is 2. The van der Waals surface area contributed by atoms with Crippen molar-refractivity contribution in [3.63, 3.8) is 0 Å². The lowest BCUT2D eigenvalue weighted by atomic mass is 9.79. The van der Waals surface area contributed by atoms with Crippen LogP contribution < -0.4 is 0 Å². The second-order valence-corrected chi connectivity index (χ2v) is 5.81. The standard InChI is InChI=1S/C16H16ClFN2O/c17-9-3-4-10-7-8-13-14(16(10)21)15(20-19-13)11-5-1-2-6-12(11)18/h1-2,5-6,10,15H,3-4,7-9H2. The molecule has 0 aromatic heterocycles. The number of alkyl halides is 1. The molecule has 1 heterocycles. The molecule has 0 amide bonds. The highest BCUT2D eigenvalue weighted by atomic mass is 35.5. The van der Waals surface area contributed by atoms with Gasteiger partial charge in [-0.3, -0.25) is 4.79 Å². The molecule has 5 heteroatoms. The Morgan fingerprint density at radius 2 is 2.14 bits per heavy atom. The molecule has 1 aromatic rings. The number of hydrogen-bond donors (Lipinski definition) is 0. The van der Waals surface area contributed by atoms with Gasteiger partial charge in [0.25, 0.3) is 0 Å². The van der Waals surface area contributed by atoms with E-state index >= 15 is 0 Å². The summed E-state index contributed by atoms with van der Waals surface area (Å²) < 4.78 is 14.0. The molecule has 1 aliphatic carbocycles. The normalized spacial score (nSPS) is 24.6. The van der Waals surface area contributed by atoms with E-state index < -0.39 is 6.04 Å². The molecule has 3 rings (SSSR count). The van der Waals surface area contributed by atoms with E-state index in [2.05, 4.69) is 10.2 Å². The second kappa shape index (κ2) is 6.06. The molecule has 0 radical (unpaired) electrons. The van der Waals surface area contributed by atoms with Gasteiger partial charge in [0.1, 0.15) is 11.9 Å². The van der Waals surface area contributed by atoms with E-state index in [1.807, 2.05) is 0 Å². The Balaban J connectivity index is 1.89. The van der Waals surface area contributed by atoms with Gasteiger partial charge >= 0.3 is 0 Å². The molecule has 0 saturated heterocycles. The molecule has 2 unspecified atom stereocenters. The Hall–Kier alpha value is -1.55. The molecule has 0 saturated carbocycles. The summed E-state index contributed by atoms with van der Waals surface area (Å²) in [6.07, 6.45) is 3.13. The summed E-state index contributed by atoms with van der Waals surface area (Å²) in [5.74, 6) is 0.257. The van der Waals surface area contributed by atoms with Gasteiger partial charge in [0, 0.05) is 22.9 Å². The molecule has 1 aliphatic heterocycles. The quantitative estimate of drug-likeness (QED) is 0.750. The molecule has 2 aliphatic rings. The second-order valence-electron chi connectivity index (χ2n) is 5.43. The first-order valence-electron chi connectivity index (χ1n) is 7.21. The predicted molar refractivity (Wildman–Crippen MR) is 78.7 cm³/mol. The molecule has 0 fully saturated rings. The van der Waals surface area contributed by atoms with Gasteiger partial charge in [-0.2, -0.15) is 10.2 Å². The maximum atomic E-state index is 14.0. The summed E-state index contributed by atoms with van der Waals surface area (Å²) in [6.45, 7) is 0. The molecular weight excluding hydrogens is 291 g/mol. The highest BCUT2D eigenvalue weighted by molar-refractivity contribution is 6.17. The Kier molecular flexibility index (Phi) is 4.15. The smallest absolute Gasteiger partial charge is 0.166 e. The number of carbonyl (C=O) groups is 1. The van der Waals surface area contributed by atoms with Crippen molar-refractivity contribution in [2.75, 3.05) is 5.88 Å². The van der Waals surface area contributed by atoms with Crippen molar-refractivity contribution in [3.8, 4) is 0 Å². The average Bonchev–Trinajstić information content (AvgIpc) is 2.92. The highest BCUT2D eigenvalue weighted by Gasteiger charge is 2.38. The van der Waals surface area contributed by atoms with E-state index in [9.17, 15) is 9.18 Å². The maximum Gasteiger partial charge on any atom is 0.166 e. The zero-order valence-corrected chi connectivity index (χ0v) is 12.3. The molecule has 1 aromatic carbocycles. The number of ketones is 1. The van der Waals surface area contributed by atoms with Crippen LogP contribution in [0.5, 0.6) is 0 Å². The lowest BCUT2D eigenvalue weighted by Crippen LogP contribution is -2.24. The molecule has 21 heavy (non-hydrogen) atoms. The molecule has 2 atom stereocenters. The van der Waals surface area contributed by atoms with Crippen molar-refractivity contribution in [1.29, 1.82) is 0 Å². The van der Waals surface area contributed by atoms with Crippen LogP contribution in [0.1, 0.15) is 37.3 Å². The van der Waals surface area contributed by atoms with Gasteiger partial charge in [0.15, 0.2) is 5.78 Å². The summed E-state index contributed by atoms with van der Waals surface area (Å²) in [4.78, 5) is 12.7. The van der Waals surface area contributed by atoms with Crippen molar-refractivity contribution in [2.45, 2.75) is 31.7 Å². The van der Waals surface area contributed by atoms with E-state index in [0.29, 0.717) is 17.0 Å². The molecule has 0 bridgehead atoms. The first kappa shape index (κ1) is 14.4. The van der Waals surface area contributed by atoms with Crippen LogP contribution in [0.25, 0.3) is 0 Å². The summed E-state index contributed by atoms with van der Waals surface area (Å²) in [5, 5.41) is 8.25. The van der Waals surface area contributed by atoms with E-state index in [1.165, 1.54) is 6.07 Å². The van der Waals surface area contributed by atoms with Gasteiger partial charge in [0.2, 0.25) is 0 Å². The third-order valence-electron chi connectivity index (χ3n) is 4.13. The number of carbonyl (C=O) groups excluding carboxylic acids is 1. The number of azo groups is 1. The van der Waals surface area contributed by atoms with Crippen LogP contribution in [0.2, 0.25) is 0 Å². The van der Waals surface area contributed by atoms with Crippen molar-refractivity contribution < 1.29 is 9.18 Å². The minimum Gasteiger partial charge on any atom is -0.294 e. The SMILES string of the molecule is O=C1C2=C(CCC1CCCCl)N=NC2c1ccccc1F. The summed E-state index contributed by atoms with van der Waals surface area (Å²) in [7, 11) is 0. The zero-order valence-electron chi connectivity index (χ0n) is 11.6. The van der Waals surface area contributed by atoms with E-state index in [-0.39, 0.29) is 17.5 Å². The minimum atomic E-state index is -0.576. The van der Waals surface area contributed by atoms with Crippen LogP contribution in [0, 0.1) is 11.7 Å². The van der Waals surface area contributed by atoms with Crippen molar-refractivity contribution in [1.82, 2.24) is 0 Å². The Labute approximate surface area is 127 Å². The Bertz CT molecular complexity index is 626. The van der Waals surface area contributed by atoms with Crippen molar-refractivity contribution in [3.05, 3.63) is 46.9 Å². The van der Waals surface area contributed by atoms with Crippen LogP contribution in [-0.4, -0.2) is 11.7 Å². The summed E-state index contributed by atoms with van der Waals surface area (Å²) in [5.41, 5.74) is 1.75. The summed E-state index contributed by atoms with van der Waals surface area (Å²) in [6, 6.07) is 5.87. The fourth-order valence-electron chi connectivity index (χ4n) is 3.03. The Morgan fingerprint density at radius 3 is 2.90 bits per heavy atom. The first-order chi connectivity index (χ1) is 10.2. The van der Waals surface area contributed by atoms with E-state index in [4.69, 9.17) is 11.6 Å². The lowest BCUT2D eigenvalue weighted by molar-refractivity contribution is -0.120. The van der Waals surface area contributed by atoms with Gasteiger partial charge in [-0.25, -0.2) is 4.39 Å². The largest absolute Gasteiger partial charge is 0.294 e. The first-order valence-corrected chi connectivity index (χ1v) is 7.74. The Morgan fingerprint density at radius 1 is 1.33 bits per heavy atom. The number of hydrogen-bond acceptors (Lipinski definition) is 3. The monoisotopic (exact) mass is 306 g/mol. The van der Waals surface area contributed by atoms with Crippen LogP contribution in [0.3, 0.4) is 0 Å². The van der Waals surface area contributed by atoms with E-state index in [0.717, 1.165) is 31.4 Å². The molecule has 0 N–H and O–H groups in total. The van der Waals surface area contributed by atoms with Gasteiger partial charge in [0.05, 0.1) is 5.70 Å². The van der Waals surface area contributed by atoms with Crippen molar-refractivity contribution in [2.24, 2.45) is 16.1 Å². The number of allylic oxidation sites excluding steroid dienone is 1.